The van der Waals surface area contributed by atoms with E-state index in [4.69, 9.17) is 27.8 Å². The first kappa shape index (κ1) is 14.6. The van der Waals surface area contributed by atoms with E-state index in [2.05, 4.69) is 0 Å². The number of nitrogens with zero attached hydrogens (tertiary/aromatic N) is 1. The van der Waals surface area contributed by atoms with Crippen LogP contribution in [0.5, 0.6) is 11.5 Å². The van der Waals surface area contributed by atoms with Crippen molar-refractivity contribution in [3.8, 4) is 11.5 Å². The minimum Gasteiger partial charge on any atom is -0.449 e. The van der Waals surface area contributed by atoms with Crippen LogP contribution in [-0.2, 0) is 0 Å². The van der Waals surface area contributed by atoms with Gasteiger partial charge < -0.3 is 16.2 Å². The summed E-state index contributed by atoms with van der Waals surface area (Å²) in [4.78, 5) is 21.4. The van der Waals surface area contributed by atoms with Crippen molar-refractivity contribution in [2.45, 2.75) is 0 Å². The number of hydrogen-bond donors (Lipinski definition) is 2. The maximum Gasteiger partial charge on any atom is 0.312 e. The minimum atomic E-state index is -0.768. The van der Waals surface area contributed by atoms with Gasteiger partial charge in [-0.05, 0) is 30.3 Å². The summed E-state index contributed by atoms with van der Waals surface area (Å²) in [6.07, 6.45) is 0. The SMILES string of the molecule is NC(=O)c1ccc(Oc2ccc(N)cc2Cl)c([N+](=O)[O-])c1. The summed E-state index contributed by atoms with van der Waals surface area (Å²) in [5.41, 5.74) is 10.7. The Morgan fingerprint density at radius 1 is 1.19 bits per heavy atom. The maximum absolute atomic E-state index is 11.1. The van der Waals surface area contributed by atoms with Gasteiger partial charge in [0, 0.05) is 17.3 Å². The number of rotatable bonds is 4. The highest BCUT2D eigenvalue weighted by Crippen LogP contribution is 2.36. The average Bonchev–Trinajstić information content (AvgIpc) is 2.41. The lowest BCUT2D eigenvalue weighted by Crippen LogP contribution is -2.11. The second kappa shape index (κ2) is 5.68. The number of anilines is 1. The number of ether oxygens (including phenoxy) is 1. The Hall–Kier alpha value is -2.80. The Balaban J connectivity index is 2.44. The van der Waals surface area contributed by atoms with Crippen LogP contribution in [0.3, 0.4) is 0 Å². The number of carbonyl (C=O) groups excluding carboxylic acids is 1. The molecule has 2 aromatic carbocycles. The van der Waals surface area contributed by atoms with Gasteiger partial charge in [-0.2, -0.15) is 0 Å². The fraction of sp³-hybridized carbons (Fsp3) is 0. The Labute approximate surface area is 124 Å². The Kier molecular flexibility index (Phi) is 3.95. The molecule has 8 heteroatoms. The third-order valence-corrected chi connectivity index (χ3v) is 2.91. The van der Waals surface area contributed by atoms with Crippen molar-refractivity contribution < 1.29 is 14.5 Å². The van der Waals surface area contributed by atoms with Gasteiger partial charge in [0.15, 0.2) is 0 Å². The molecule has 0 radical (unpaired) electrons. The highest BCUT2D eigenvalue weighted by molar-refractivity contribution is 6.32. The van der Waals surface area contributed by atoms with Crippen LogP contribution in [0.1, 0.15) is 10.4 Å². The van der Waals surface area contributed by atoms with Gasteiger partial charge in [0.25, 0.3) is 0 Å². The van der Waals surface area contributed by atoms with Crippen molar-refractivity contribution in [2.75, 3.05) is 5.73 Å². The summed E-state index contributed by atoms with van der Waals surface area (Å²) in [6.45, 7) is 0. The van der Waals surface area contributed by atoms with Crippen LogP contribution in [0.15, 0.2) is 36.4 Å². The van der Waals surface area contributed by atoms with Crippen molar-refractivity contribution >= 4 is 28.9 Å². The summed E-state index contributed by atoms with van der Waals surface area (Å²) in [5, 5.41) is 11.3. The summed E-state index contributed by atoms with van der Waals surface area (Å²) in [6, 6.07) is 8.15. The zero-order valence-corrected chi connectivity index (χ0v) is 11.3. The van der Waals surface area contributed by atoms with E-state index < -0.39 is 10.8 Å². The zero-order valence-electron chi connectivity index (χ0n) is 10.6. The smallest absolute Gasteiger partial charge is 0.312 e. The second-order valence-corrected chi connectivity index (χ2v) is 4.50. The van der Waals surface area contributed by atoms with Crippen molar-refractivity contribution in [1.29, 1.82) is 0 Å². The van der Waals surface area contributed by atoms with Gasteiger partial charge in [-0.1, -0.05) is 11.6 Å². The van der Waals surface area contributed by atoms with Crippen LogP contribution in [0, 0.1) is 10.1 Å². The highest BCUT2D eigenvalue weighted by Gasteiger charge is 2.19. The number of nitrogens with two attached hydrogens (primary N) is 2. The third kappa shape index (κ3) is 3.21. The molecule has 21 heavy (non-hydrogen) atoms. The fourth-order valence-electron chi connectivity index (χ4n) is 1.62. The Morgan fingerprint density at radius 2 is 1.86 bits per heavy atom. The second-order valence-electron chi connectivity index (χ2n) is 4.10. The van der Waals surface area contributed by atoms with Crippen LogP contribution in [0.4, 0.5) is 11.4 Å². The number of amides is 1. The molecule has 2 aromatic rings. The van der Waals surface area contributed by atoms with E-state index in [1.807, 2.05) is 0 Å². The van der Waals surface area contributed by atoms with Crippen LogP contribution >= 0.6 is 11.6 Å². The molecule has 0 aliphatic carbocycles. The van der Waals surface area contributed by atoms with Crippen molar-refractivity contribution in [3.05, 3.63) is 57.1 Å². The molecule has 0 spiro atoms. The molecule has 1 amide bonds. The monoisotopic (exact) mass is 307 g/mol. The number of nitro groups is 1. The minimum absolute atomic E-state index is 0.0115. The molecule has 0 aliphatic rings. The predicted molar refractivity (Wildman–Crippen MR) is 77.6 cm³/mol. The van der Waals surface area contributed by atoms with E-state index in [9.17, 15) is 14.9 Å². The summed E-state index contributed by atoms with van der Waals surface area (Å²) >= 11 is 5.94. The summed E-state index contributed by atoms with van der Waals surface area (Å²) < 4.78 is 5.41. The first-order chi connectivity index (χ1) is 9.88. The van der Waals surface area contributed by atoms with Crippen LogP contribution in [0.2, 0.25) is 5.02 Å². The molecular formula is C13H10ClN3O4. The molecular weight excluding hydrogens is 298 g/mol. The number of primary amides is 1. The lowest BCUT2D eigenvalue weighted by Gasteiger charge is -2.09. The topological polar surface area (TPSA) is 121 Å². The van der Waals surface area contributed by atoms with E-state index in [1.54, 1.807) is 6.07 Å². The van der Waals surface area contributed by atoms with E-state index in [0.717, 1.165) is 6.07 Å². The van der Waals surface area contributed by atoms with E-state index >= 15 is 0 Å². The largest absolute Gasteiger partial charge is 0.449 e. The molecule has 0 heterocycles. The molecule has 0 aromatic heterocycles. The van der Waals surface area contributed by atoms with E-state index in [1.165, 1.54) is 24.3 Å². The van der Waals surface area contributed by atoms with Gasteiger partial charge in [0.1, 0.15) is 5.75 Å². The van der Waals surface area contributed by atoms with Gasteiger partial charge >= 0.3 is 5.69 Å². The molecule has 2 rings (SSSR count). The predicted octanol–water partition coefficient (Wildman–Crippen LogP) is 2.72. The van der Waals surface area contributed by atoms with Crippen LogP contribution in [0.25, 0.3) is 0 Å². The quantitative estimate of drug-likeness (QED) is 0.511. The number of benzene rings is 2. The first-order valence-electron chi connectivity index (χ1n) is 5.69. The number of nitro benzene ring substituents is 1. The average molecular weight is 308 g/mol. The van der Waals surface area contributed by atoms with Gasteiger partial charge in [0.05, 0.1) is 9.95 Å². The molecule has 0 saturated heterocycles. The molecule has 4 N–H and O–H groups in total. The number of carbonyl (C=O) groups is 1. The van der Waals surface area contributed by atoms with Crippen molar-refractivity contribution in [2.24, 2.45) is 5.73 Å². The van der Waals surface area contributed by atoms with Crippen molar-refractivity contribution in [3.63, 3.8) is 0 Å². The van der Waals surface area contributed by atoms with E-state index in [0.29, 0.717) is 5.69 Å². The molecule has 0 aliphatic heterocycles. The van der Waals surface area contributed by atoms with Gasteiger partial charge in [-0.3, -0.25) is 14.9 Å². The highest BCUT2D eigenvalue weighted by atomic mass is 35.5. The molecule has 0 fully saturated rings. The van der Waals surface area contributed by atoms with Gasteiger partial charge in [0.2, 0.25) is 11.7 Å². The van der Waals surface area contributed by atoms with Crippen molar-refractivity contribution in [1.82, 2.24) is 0 Å². The fourth-order valence-corrected chi connectivity index (χ4v) is 1.85. The maximum atomic E-state index is 11.1. The molecule has 0 unspecified atom stereocenters. The lowest BCUT2D eigenvalue weighted by atomic mass is 10.2. The first-order valence-corrected chi connectivity index (χ1v) is 6.07. The number of nitrogen functional groups attached to an aromatic ring is 1. The van der Waals surface area contributed by atoms with E-state index in [-0.39, 0.29) is 27.8 Å². The summed E-state index contributed by atoms with van der Waals surface area (Å²) in [7, 11) is 0. The molecule has 0 saturated carbocycles. The lowest BCUT2D eigenvalue weighted by molar-refractivity contribution is -0.385. The van der Waals surface area contributed by atoms with Crippen LogP contribution in [-0.4, -0.2) is 10.8 Å². The zero-order chi connectivity index (χ0) is 15.6. The van der Waals surface area contributed by atoms with Gasteiger partial charge in [-0.15, -0.1) is 0 Å². The summed E-state index contributed by atoms with van der Waals surface area (Å²) in [5.74, 6) is -0.618. The normalized spacial score (nSPS) is 10.1. The molecule has 7 nitrogen and oxygen atoms in total. The Bertz CT molecular complexity index is 733. The number of hydrogen-bond acceptors (Lipinski definition) is 5. The standard InChI is InChI=1S/C13H10ClN3O4/c14-9-6-8(15)2-4-11(9)21-12-3-1-7(13(16)18)5-10(12)17(19)20/h1-6H,15H2,(H2,16,18). The molecule has 108 valence electrons. The van der Waals surface area contributed by atoms with Crippen LogP contribution < -0.4 is 16.2 Å². The number of halogens is 1. The van der Waals surface area contributed by atoms with Gasteiger partial charge in [-0.25, -0.2) is 0 Å². The molecule has 0 atom stereocenters. The molecule has 0 bridgehead atoms. The Morgan fingerprint density at radius 3 is 2.43 bits per heavy atom. The third-order valence-electron chi connectivity index (χ3n) is 2.62.